The number of ether oxygens (including phenoxy) is 2. The van der Waals surface area contributed by atoms with Crippen molar-refractivity contribution in [2.45, 2.75) is 0 Å². The van der Waals surface area contributed by atoms with E-state index >= 15 is 0 Å². The van der Waals surface area contributed by atoms with Crippen LogP contribution in [0.25, 0.3) is 0 Å². The van der Waals surface area contributed by atoms with Crippen molar-refractivity contribution in [1.29, 1.82) is 0 Å². The Morgan fingerprint density at radius 1 is 1.12 bits per heavy atom. The molecule has 0 fully saturated rings. The van der Waals surface area contributed by atoms with Crippen molar-refractivity contribution in [3.05, 3.63) is 46.2 Å². The van der Waals surface area contributed by atoms with E-state index in [1.165, 1.54) is 0 Å². The van der Waals surface area contributed by atoms with Crippen molar-refractivity contribution in [3.63, 3.8) is 0 Å². The van der Waals surface area contributed by atoms with E-state index in [9.17, 15) is 0 Å². The van der Waals surface area contributed by atoms with Gasteiger partial charge in [-0.3, -0.25) is 0 Å². The Hall–Kier alpha value is -1.30. The third kappa shape index (κ3) is 2.85. The summed E-state index contributed by atoms with van der Waals surface area (Å²) in [5, 5.41) is 0. The summed E-state index contributed by atoms with van der Waals surface area (Å²) in [6, 6.07) is 11.4. The second kappa shape index (κ2) is 5.16. The molecule has 4 heteroatoms. The van der Waals surface area contributed by atoms with Crippen molar-refractivity contribution in [2.75, 3.05) is 7.11 Å². The first-order valence-corrected chi connectivity index (χ1v) is 5.79. The van der Waals surface area contributed by atoms with Crippen molar-refractivity contribution >= 4 is 22.6 Å². The Bertz CT molecular complexity index is 488. The molecular weight excluding hydrogens is 317 g/mol. The maximum absolute atomic E-state index is 5.68. The molecule has 0 amide bonds. The monoisotopic (exact) mass is 327 g/mol. The highest BCUT2D eigenvalue weighted by molar-refractivity contribution is 14.1. The van der Waals surface area contributed by atoms with Crippen LogP contribution in [-0.2, 0) is 0 Å². The van der Waals surface area contributed by atoms with Gasteiger partial charge in [-0.1, -0.05) is 6.07 Å². The molecule has 16 heavy (non-hydrogen) atoms. The van der Waals surface area contributed by atoms with Crippen LogP contribution in [0.1, 0.15) is 0 Å². The van der Waals surface area contributed by atoms with Crippen LogP contribution in [0.2, 0.25) is 0 Å². The fourth-order valence-corrected chi connectivity index (χ4v) is 1.75. The van der Waals surface area contributed by atoms with Crippen molar-refractivity contribution < 1.29 is 9.47 Å². The largest absolute Gasteiger partial charge is 0.481 e. The highest BCUT2D eigenvalue weighted by atomic mass is 127. The predicted molar refractivity (Wildman–Crippen MR) is 70.0 cm³/mol. The van der Waals surface area contributed by atoms with Crippen LogP contribution in [0.5, 0.6) is 17.4 Å². The minimum absolute atomic E-state index is 0.545. The minimum atomic E-state index is 0.545. The second-order valence-electron chi connectivity index (χ2n) is 3.09. The number of rotatable bonds is 3. The van der Waals surface area contributed by atoms with E-state index in [1.54, 1.807) is 25.4 Å². The molecule has 0 spiro atoms. The van der Waals surface area contributed by atoms with Gasteiger partial charge >= 0.3 is 0 Å². The number of benzene rings is 1. The lowest BCUT2D eigenvalue weighted by atomic mass is 10.3. The summed E-state index contributed by atoms with van der Waals surface area (Å²) in [5.74, 6) is 2.07. The van der Waals surface area contributed by atoms with E-state index in [0.717, 1.165) is 9.32 Å². The molecule has 1 aromatic carbocycles. The fourth-order valence-electron chi connectivity index (χ4n) is 1.23. The summed E-state index contributed by atoms with van der Waals surface area (Å²) in [5.41, 5.74) is 0. The van der Waals surface area contributed by atoms with Gasteiger partial charge in [-0.05, 0) is 46.9 Å². The number of halogens is 1. The van der Waals surface area contributed by atoms with Gasteiger partial charge in [0, 0.05) is 15.8 Å². The summed E-state index contributed by atoms with van der Waals surface area (Å²) >= 11 is 2.25. The van der Waals surface area contributed by atoms with Crippen LogP contribution in [0.4, 0.5) is 0 Å². The third-order valence-electron chi connectivity index (χ3n) is 1.95. The highest BCUT2D eigenvalue weighted by Gasteiger charge is 2.00. The van der Waals surface area contributed by atoms with Crippen molar-refractivity contribution in [3.8, 4) is 17.4 Å². The number of hydrogen-bond acceptors (Lipinski definition) is 3. The van der Waals surface area contributed by atoms with Gasteiger partial charge in [-0.15, -0.1) is 0 Å². The molecule has 0 bridgehead atoms. The second-order valence-corrected chi connectivity index (χ2v) is 4.34. The molecule has 2 aromatic rings. The van der Waals surface area contributed by atoms with E-state index in [0.29, 0.717) is 11.6 Å². The first-order chi connectivity index (χ1) is 7.78. The predicted octanol–water partition coefficient (Wildman–Crippen LogP) is 3.49. The summed E-state index contributed by atoms with van der Waals surface area (Å²) in [7, 11) is 1.58. The standard InChI is InChI=1S/C12H10INO2/c1-15-12-8-11(5-6-14-12)16-10-4-2-3-9(13)7-10/h2-8H,1H3. The summed E-state index contributed by atoms with van der Waals surface area (Å²) in [6.07, 6.45) is 1.65. The van der Waals surface area contributed by atoms with Crippen LogP contribution in [0.15, 0.2) is 42.6 Å². The van der Waals surface area contributed by atoms with Gasteiger partial charge in [0.2, 0.25) is 5.88 Å². The highest BCUT2D eigenvalue weighted by Crippen LogP contribution is 2.24. The maximum atomic E-state index is 5.68. The van der Waals surface area contributed by atoms with Gasteiger partial charge in [0.25, 0.3) is 0 Å². The number of nitrogens with zero attached hydrogens (tertiary/aromatic N) is 1. The molecule has 0 aliphatic rings. The van der Waals surface area contributed by atoms with E-state index in [1.807, 2.05) is 24.3 Å². The molecule has 0 atom stereocenters. The van der Waals surface area contributed by atoms with Crippen LogP contribution >= 0.6 is 22.6 Å². The van der Waals surface area contributed by atoms with Crippen molar-refractivity contribution in [1.82, 2.24) is 4.98 Å². The van der Waals surface area contributed by atoms with E-state index in [-0.39, 0.29) is 0 Å². The molecule has 0 N–H and O–H groups in total. The number of pyridine rings is 1. The number of hydrogen-bond donors (Lipinski definition) is 0. The number of methoxy groups -OCH3 is 1. The molecule has 0 saturated carbocycles. The zero-order valence-corrected chi connectivity index (χ0v) is 10.8. The summed E-state index contributed by atoms with van der Waals surface area (Å²) in [6.45, 7) is 0. The lowest BCUT2D eigenvalue weighted by molar-refractivity contribution is 0.392. The van der Waals surface area contributed by atoms with Crippen LogP contribution in [0, 0.1) is 3.57 Å². The smallest absolute Gasteiger partial charge is 0.216 e. The summed E-state index contributed by atoms with van der Waals surface area (Å²) < 4.78 is 11.8. The topological polar surface area (TPSA) is 31.4 Å². The molecule has 0 radical (unpaired) electrons. The average molecular weight is 327 g/mol. The van der Waals surface area contributed by atoms with Crippen LogP contribution < -0.4 is 9.47 Å². The van der Waals surface area contributed by atoms with E-state index in [4.69, 9.17) is 9.47 Å². The Kier molecular flexibility index (Phi) is 3.61. The average Bonchev–Trinajstić information content (AvgIpc) is 2.29. The molecule has 3 nitrogen and oxygen atoms in total. The van der Waals surface area contributed by atoms with E-state index in [2.05, 4.69) is 27.6 Å². The molecule has 0 aliphatic heterocycles. The Morgan fingerprint density at radius 2 is 1.94 bits per heavy atom. The fraction of sp³-hybridized carbons (Fsp3) is 0.0833. The van der Waals surface area contributed by atoms with Gasteiger partial charge in [0.1, 0.15) is 11.5 Å². The molecule has 1 aromatic heterocycles. The SMILES string of the molecule is COc1cc(Oc2cccc(I)c2)ccn1. The molecule has 2 rings (SSSR count). The Morgan fingerprint density at radius 3 is 2.69 bits per heavy atom. The first-order valence-electron chi connectivity index (χ1n) is 4.71. The van der Waals surface area contributed by atoms with E-state index < -0.39 is 0 Å². The van der Waals surface area contributed by atoms with Gasteiger partial charge in [-0.2, -0.15) is 0 Å². The quantitative estimate of drug-likeness (QED) is 0.809. The first kappa shape index (κ1) is 11.2. The Balaban J connectivity index is 2.20. The maximum Gasteiger partial charge on any atom is 0.216 e. The lowest BCUT2D eigenvalue weighted by Gasteiger charge is -2.06. The van der Waals surface area contributed by atoms with Gasteiger partial charge in [0.05, 0.1) is 7.11 Å². The summed E-state index contributed by atoms with van der Waals surface area (Å²) in [4.78, 5) is 4.01. The molecule has 0 unspecified atom stereocenters. The van der Waals surface area contributed by atoms with Gasteiger partial charge in [0.15, 0.2) is 0 Å². The Labute approximate surface area is 108 Å². The van der Waals surface area contributed by atoms with Crippen LogP contribution in [-0.4, -0.2) is 12.1 Å². The zero-order chi connectivity index (χ0) is 11.4. The molecule has 0 saturated heterocycles. The number of aromatic nitrogens is 1. The minimum Gasteiger partial charge on any atom is -0.481 e. The zero-order valence-electron chi connectivity index (χ0n) is 8.68. The molecule has 1 heterocycles. The van der Waals surface area contributed by atoms with Gasteiger partial charge < -0.3 is 9.47 Å². The van der Waals surface area contributed by atoms with Crippen molar-refractivity contribution in [2.24, 2.45) is 0 Å². The third-order valence-corrected chi connectivity index (χ3v) is 2.62. The van der Waals surface area contributed by atoms with Crippen LogP contribution in [0.3, 0.4) is 0 Å². The van der Waals surface area contributed by atoms with Gasteiger partial charge in [-0.25, -0.2) is 4.98 Å². The molecule has 0 aliphatic carbocycles. The normalized spacial score (nSPS) is 9.88. The molecular formula is C12H10INO2. The lowest BCUT2D eigenvalue weighted by Crippen LogP contribution is -1.89. The molecule has 82 valence electrons.